The number of carbonyl (C=O) groups is 1. The van der Waals surface area contributed by atoms with Crippen LogP contribution in [0.15, 0.2) is 53.4 Å². The molecule has 0 unspecified atom stereocenters. The molecule has 1 saturated carbocycles. The van der Waals surface area contributed by atoms with E-state index in [2.05, 4.69) is 5.32 Å². The molecule has 0 aliphatic heterocycles. The molecular formula is C26H36N2O3S. The van der Waals surface area contributed by atoms with Crippen molar-refractivity contribution in [3.05, 3.63) is 65.2 Å². The quantitative estimate of drug-likeness (QED) is 0.622. The van der Waals surface area contributed by atoms with Crippen molar-refractivity contribution < 1.29 is 13.2 Å². The predicted molar refractivity (Wildman–Crippen MR) is 129 cm³/mol. The van der Waals surface area contributed by atoms with E-state index >= 15 is 0 Å². The Bertz CT molecular complexity index is 981. The number of nitrogens with one attached hydrogen (secondary N) is 1. The van der Waals surface area contributed by atoms with Crippen LogP contribution in [0.25, 0.3) is 0 Å². The van der Waals surface area contributed by atoms with Gasteiger partial charge < -0.3 is 5.32 Å². The maximum absolute atomic E-state index is 13.6. The van der Waals surface area contributed by atoms with Gasteiger partial charge in [-0.05, 0) is 55.9 Å². The number of rotatable bonds is 8. The van der Waals surface area contributed by atoms with Crippen LogP contribution < -0.4 is 5.32 Å². The molecule has 0 aromatic heterocycles. The lowest BCUT2D eigenvalue weighted by Crippen LogP contribution is -2.45. The van der Waals surface area contributed by atoms with E-state index in [1.54, 1.807) is 13.0 Å². The maximum atomic E-state index is 13.6. The van der Waals surface area contributed by atoms with Crippen LogP contribution in [0.5, 0.6) is 0 Å². The number of carbonyl (C=O) groups excluding carboxylic acids is 1. The molecular weight excluding hydrogens is 420 g/mol. The Morgan fingerprint density at radius 3 is 2.31 bits per heavy atom. The van der Waals surface area contributed by atoms with Gasteiger partial charge in [0.2, 0.25) is 15.9 Å². The summed E-state index contributed by atoms with van der Waals surface area (Å²) in [4.78, 5) is 13.2. The van der Waals surface area contributed by atoms with Crippen molar-refractivity contribution in [3.8, 4) is 0 Å². The smallest absolute Gasteiger partial charge is 0.243 e. The fraction of sp³-hybridized carbons (Fsp3) is 0.500. The van der Waals surface area contributed by atoms with Gasteiger partial charge in [0, 0.05) is 12.6 Å². The highest BCUT2D eigenvalue weighted by Crippen LogP contribution is 2.22. The van der Waals surface area contributed by atoms with Gasteiger partial charge in [0.1, 0.15) is 0 Å². The number of hydrogen-bond donors (Lipinski definition) is 1. The largest absolute Gasteiger partial charge is 0.352 e. The van der Waals surface area contributed by atoms with E-state index in [9.17, 15) is 13.2 Å². The van der Waals surface area contributed by atoms with Crippen LogP contribution in [0.2, 0.25) is 0 Å². The third-order valence-electron chi connectivity index (χ3n) is 6.24. The zero-order chi connectivity index (χ0) is 23.0. The SMILES string of the molecule is Cc1ccc(C)c(S(=O)(=O)N(CCc2ccccc2)CC(=O)NC2CCCCCCC2)c1. The molecule has 32 heavy (non-hydrogen) atoms. The Labute approximate surface area is 193 Å². The first-order chi connectivity index (χ1) is 15.4. The molecule has 1 fully saturated rings. The predicted octanol–water partition coefficient (Wildman–Crippen LogP) is 4.77. The standard InChI is InChI=1S/C26H36N2O3S/c1-21-15-16-22(2)25(19-21)32(30,31)28(18-17-23-11-7-6-8-12-23)20-26(29)27-24-13-9-4-3-5-10-14-24/h6-8,11-12,15-16,19,24H,3-5,9-10,13-14,17-18,20H2,1-2H3,(H,27,29). The van der Waals surface area contributed by atoms with E-state index < -0.39 is 10.0 Å². The number of nitrogens with zero attached hydrogens (tertiary/aromatic N) is 1. The molecule has 5 nitrogen and oxygen atoms in total. The molecule has 6 heteroatoms. The van der Waals surface area contributed by atoms with Crippen molar-refractivity contribution >= 4 is 15.9 Å². The molecule has 0 saturated heterocycles. The summed E-state index contributed by atoms with van der Waals surface area (Å²) in [5, 5.41) is 3.12. The first kappa shape index (κ1) is 24.5. The third-order valence-corrected chi connectivity index (χ3v) is 8.23. The fourth-order valence-electron chi connectivity index (χ4n) is 4.34. The van der Waals surface area contributed by atoms with Crippen molar-refractivity contribution in [2.24, 2.45) is 0 Å². The first-order valence-corrected chi connectivity index (χ1v) is 13.2. The number of aryl methyl sites for hydroxylation is 2. The average molecular weight is 457 g/mol. The molecule has 0 spiro atoms. The Kier molecular flexibility index (Phi) is 8.88. The van der Waals surface area contributed by atoms with Gasteiger partial charge in [0.05, 0.1) is 11.4 Å². The van der Waals surface area contributed by atoms with E-state index in [0.29, 0.717) is 12.0 Å². The number of hydrogen-bond acceptors (Lipinski definition) is 3. The van der Waals surface area contributed by atoms with Crippen molar-refractivity contribution in [1.82, 2.24) is 9.62 Å². The van der Waals surface area contributed by atoms with Crippen LogP contribution in [-0.4, -0.2) is 37.8 Å². The number of benzene rings is 2. The van der Waals surface area contributed by atoms with Gasteiger partial charge in [-0.2, -0.15) is 4.31 Å². The molecule has 1 aliphatic carbocycles. The second kappa shape index (κ2) is 11.6. The highest BCUT2D eigenvalue weighted by molar-refractivity contribution is 7.89. The van der Waals surface area contributed by atoms with Gasteiger partial charge in [-0.1, -0.05) is 74.6 Å². The first-order valence-electron chi connectivity index (χ1n) is 11.8. The third kappa shape index (κ3) is 6.91. The topological polar surface area (TPSA) is 66.5 Å². The molecule has 1 amide bonds. The summed E-state index contributed by atoms with van der Waals surface area (Å²) in [6.45, 7) is 3.79. The van der Waals surface area contributed by atoms with Crippen LogP contribution in [0, 0.1) is 13.8 Å². The minimum absolute atomic E-state index is 0.141. The Morgan fingerprint density at radius 1 is 0.969 bits per heavy atom. The summed E-state index contributed by atoms with van der Waals surface area (Å²) in [5.74, 6) is -0.211. The lowest BCUT2D eigenvalue weighted by molar-refractivity contribution is -0.122. The Balaban J connectivity index is 1.78. The summed E-state index contributed by atoms with van der Waals surface area (Å²) >= 11 is 0. The van der Waals surface area contributed by atoms with Gasteiger partial charge in [0.25, 0.3) is 0 Å². The van der Waals surface area contributed by atoms with E-state index in [1.165, 1.54) is 23.6 Å². The second-order valence-electron chi connectivity index (χ2n) is 8.95. The van der Waals surface area contributed by atoms with Gasteiger partial charge in [-0.3, -0.25) is 4.79 Å². The summed E-state index contributed by atoms with van der Waals surface area (Å²) in [6.07, 6.45) is 8.41. The monoisotopic (exact) mass is 456 g/mol. The van der Waals surface area contributed by atoms with Gasteiger partial charge >= 0.3 is 0 Å². The van der Waals surface area contributed by atoms with Crippen LogP contribution in [0.3, 0.4) is 0 Å². The second-order valence-corrected chi connectivity index (χ2v) is 10.9. The van der Waals surface area contributed by atoms with E-state index in [-0.39, 0.29) is 29.9 Å². The average Bonchev–Trinajstić information content (AvgIpc) is 2.75. The highest BCUT2D eigenvalue weighted by atomic mass is 32.2. The number of sulfonamides is 1. The van der Waals surface area contributed by atoms with Crippen molar-refractivity contribution in [1.29, 1.82) is 0 Å². The van der Waals surface area contributed by atoms with Crippen LogP contribution in [0.4, 0.5) is 0 Å². The fourth-order valence-corrected chi connectivity index (χ4v) is 6.05. The molecule has 0 bridgehead atoms. The molecule has 2 aromatic rings. The lowest BCUT2D eigenvalue weighted by atomic mass is 9.97. The van der Waals surface area contributed by atoms with Gasteiger partial charge in [0.15, 0.2) is 0 Å². The van der Waals surface area contributed by atoms with E-state index in [0.717, 1.165) is 36.8 Å². The summed E-state index contributed by atoms with van der Waals surface area (Å²) in [5.41, 5.74) is 2.63. The van der Waals surface area contributed by atoms with Gasteiger partial charge in [-0.25, -0.2) is 8.42 Å². The van der Waals surface area contributed by atoms with E-state index in [1.807, 2.05) is 49.4 Å². The summed E-state index contributed by atoms with van der Waals surface area (Å²) in [7, 11) is -3.80. The molecule has 3 rings (SSSR count). The molecule has 0 radical (unpaired) electrons. The molecule has 0 atom stereocenters. The molecule has 174 valence electrons. The molecule has 1 N–H and O–H groups in total. The number of amides is 1. The molecule has 2 aromatic carbocycles. The molecule has 1 aliphatic rings. The summed E-state index contributed by atoms with van der Waals surface area (Å²) < 4.78 is 28.5. The normalized spacial score (nSPS) is 15.8. The summed E-state index contributed by atoms with van der Waals surface area (Å²) in [6, 6.07) is 15.4. The van der Waals surface area contributed by atoms with Gasteiger partial charge in [-0.15, -0.1) is 0 Å². The van der Waals surface area contributed by atoms with Crippen molar-refractivity contribution in [3.63, 3.8) is 0 Å². The van der Waals surface area contributed by atoms with E-state index in [4.69, 9.17) is 0 Å². The minimum Gasteiger partial charge on any atom is -0.352 e. The van der Waals surface area contributed by atoms with Crippen LogP contribution in [-0.2, 0) is 21.2 Å². The molecule has 0 heterocycles. The van der Waals surface area contributed by atoms with Crippen molar-refractivity contribution in [2.45, 2.75) is 76.2 Å². The maximum Gasteiger partial charge on any atom is 0.243 e. The van der Waals surface area contributed by atoms with Crippen LogP contribution >= 0.6 is 0 Å². The minimum atomic E-state index is -3.80. The zero-order valence-electron chi connectivity index (χ0n) is 19.3. The van der Waals surface area contributed by atoms with Crippen LogP contribution in [0.1, 0.15) is 61.6 Å². The lowest BCUT2D eigenvalue weighted by Gasteiger charge is -2.25. The van der Waals surface area contributed by atoms with Crippen molar-refractivity contribution in [2.75, 3.05) is 13.1 Å². The Morgan fingerprint density at radius 2 is 1.62 bits per heavy atom. The highest BCUT2D eigenvalue weighted by Gasteiger charge is 2.28. The zero-order valence-corrected chi connectivity index (χ0v) is 20.2. The Hall–Kier alpha value is -2.18.